The first-order valence-electron chi connectivity index (χ1n) is 8.03. The number of aromatic amines is 1. The number of carbonyl (C=O) groups is 1. The Hall–Kier alpha value is -2.05. The largest absolute Gasteiger partial charge is 0.481 e. The molecule has 0 saturated carbocycles. The standard InChI is InChI=1S/C17H21ClN4O2/c1-13(24-15-4-2-3-14(18)11-15)17(23)22-9-7-21(8-10-22)12-16-19-5-6-20-16/h2-6,11,13H,7-10,12H2,1H3,(H,19,20). The zero-order chi connectivity index (χ0) is 16.9. The first kappa shape index (κ1) is 16.8. The van der Waals surface area contributed by atoms with Crippen molar-refractivity contribution in [1.82, 2.24) is 19.8 Å². The molecule has 0 radical (unpaired) electrons. The van der Waals surface area contributed by atoms with Gasteiger partial charge < -0.3 is 14.6 Å². The van der Waals surface area contributed by atoms with Crippen LogP contribution < -0.4 is 4.74 Å². The zero-order valence-corrected chi connectivity index (χ0v) is 14.4. The van der Waals surface area contributed by atoms with Crippen LogP contribution in [0.1, 0.15) is 12.7 Å². The molecule has 1 fully saturated rings. The minimum Gasteiger partial charge on any atom is -0.481 e. The second-order valence-electron chi connectivity index (χ2n) is 5.85. The lowest BCUT2D eigenvalue weighted by atomic mass is 10.2. The minimum atomic E-state index is -0.528. The van der Waals surface area contributed by atoms with Gasteiger partial charge in [0.1, 0.15) is 11.6 Å². The van der Waals surface area contributed by atoms with Crippen LogP contribution in [0.3, 0.4) is 0 Å². The lowest BCUT2D eigenvalue weighted by Crippen LogP contribution is -2.51. The van der Waals surface area contributed by atoms with Gasteiger partial charge in [-0.2, -0.15) is 0 Å². The van der Waals surface area contributed by atoms with E-state index < -0.39 is 6.10 Å². The summed E-state index contributed by atoms with van der Waals surface area (Å²) >= 11 is 5.94. The van der Waals surface area contributed by atoms with Gasteiger partial charge in [-0.15, -0.1) is 0 Å². The van der Waals surface area contributed by atoms with Crippen LogP contribution >= 0.6 is 11.6 Å². The Morgan fingerprint density at radius 3 is 2.83 bits per heavy atom. The molecule has 1 N–H and O–H groups in total. The highest BCUT2D eigenvalue weighted by Crippen LogP contribution is 2.19. The maximum absolute atomic E-state index is 12.5. The first-order valence-corrected chi connectivity index (χ1v) is 8.41. The number of imidazole rings is 1. The Morgan fingerprint density at radius 1 is 1.38 bits per heavy atom. The fourth-order valence-corrected chi connectivity index (χ4v) is 2.95. The summed E-state index contributed by atoms with van der Waals surface area (Å²) < 4.78 is 5.72. The van der Waals surface area contributed by atoms with Crippen molar-refractivity contribution in [3.05, 3.63) is 47.5 Å². The summed E-state index contributed by atoms with van der Waals surface area (Å²) in [6.45, 7) is 5.61. The molecule has 24 heavy (non-hydrogen) atoms. The molecule has 6 nitrogen and oxygen atoms in total. The summed E-state index contributed by atoms with van der Waals surface area (Å²) in [5.41, 5.74) is 0. The number of hydrogen-bond acceptors (Lipinski definition) is 4. The van der Waals surface area contributed by atoms with Crippen molar-refractivity contribution in [2.75, 3.05) is 26.2 Å². The smallest absolute Gasteiger partial charge is 0.263 e. The Balaban J connectivity index is 1.49. The second kappa shape index (κ2) is 7.68. The highest BCUT2D eigenvalue weighted by Gasteiger charge is 2.26. The van der Waals surface area contributed by atoms with E-state index in [2.05, 4.69) is 14.9 Å². The summed E-state index contributed by atoms with van der Waals surface area (Å²) in [6.07, 6.45) is 3.05. The molecule has 1 aromatic carbocycles. The highest BCUT2D eigenvalue weighted by molar-refractivity contribution is 6.30. The van der Waals surface area contributed by atoms with Gasteiger partial charge in [0.05, 0.1) is 6.54 Å². The molecule has 2 aromatic rings. The molecule has 2 heterocycles. The van der Waals surface area contributed by atoms with Gasteiger partial charge in [-0.1, -0.05) is 17.7 Å². The van der Waals surface area contributed by atoms with Gasteiger partial charge in [0, 0.05) is 43.6 Å². The van der Waals surface area contributed by atoms with Crippen LogP contribution in [0.5, 0.6) is 5.75 Å². The van der Waals surface area contributed by atoms with Crippen molar-refractivity contribution in [3.63, 3.8) is 0 Å². The Morgan fingerprint density at radius 2 is 2.17 bits per heavy atom. The maximum atomic E-state index is 12.5. The van der Waals surface area contributed by atoms with E-state index in [0.29, 0.717) is 23.9 Å². The quantitative estimate of drug-likeness (QED) is 0.899. The van der Waals surface area contributed by atoms with E-state index in [4.69, 9.17) is 16.3 Å². The number of H-pyrrole nitrogens is 1. The SMILES string of the molecule is CC(Oc1cccc(Cl)c1)C(=O)N1CCN(Cc2ncc[nH]2)CC1. The number of carbonyl (C=O) groups excluding carboxylic acids is 1. The molecular formula is C17H21ClN4O2. The van der Waals surface area contributed by atoms with E-state index in [9.17, 15) is 4.79 Å². The molecule has 3 rings (SSSR count). The number of amides is 1. The topological polar surface area (TPSA) is 61.5 Å². The molecule has 1 amide bonds. The van der Waals surface area contributed by atoms with Gasteiger partial charge in [0.25, 0.3) is 5.91 Å². The molecule has 0 spiro atoms. The van der Waals surface area contributed by atoms with Crippen LogP contribution in [0.25, 0.3) is 0 Å². The number of halogens is 1. The van der Waals surface area contributed by atoms with Crippen molar-refractivity contribution in [2.24, 2.45) is 0 Å². The van der Waals surface area contributed by atoms with Gasteiger partial charge in [0.15, 0.2) is 6.10 Å². The third-order valence-corrected chi connectivity index (χ3v) is 4.30. The van der Waals surface area contributed by atoms with E-state index in [1.54, 1.807) is 31.3 Å². The van der Waals surface area contributed by atoms with Crippen molar-refractivity contribution >= 4 is 17.5 Å². The van der Waals surface area contributed by atoms with Crippen molar-refractivity contribution in [3.8, 4) is 5.75 Å². The third kappa shape index (κ3) is 4.27. The van der Waals surface area contributed by atoms with Crippen LogP contribution in [-0.2, 0) is 11.3 Å². The molecular weight excluding hydrogens is 328 g/mol. The lowest BCUT2D eigenvalue weighted by molar-refractivity contribution is -0.139. The molecule has 1 aromatic heterocycles. The number of aromatic nitrogens is 2. The van der Waals surface area contributed by atoms with Gasteiger partial charge in [0.2, 0.25) is 0 Å². The van der Waals surface area contributed by atoms with Gasteiger partial charge in [-0.05, 0) is 25.1 Å². The monoisotopic (exact) mass is 348 g/mol. The zero-order valence-electron chi connectivity index (χ0n) is 13.6. The van der Waals surface area contributed by atoms with Crippen molar-refractivity contribution < 1.29 is 9.53 Å². The van der Waals surface area contributed by atoms with E-state index in [1.807, 2.05) is 17.2 Å². The molecule has 1 aliphatic rings. The number of rotatable bonds is 5. The van der Waals surface area contributed by atoms with Crippen LogP contribution in [-0.4, -0.2) is 58.0 Å². The average Bonchev–Trinajstić information content (AvgIpc) is 3.08. The molecule has 0 bridgehead atoms. The Kier molecular flexibility index (Phi) is 5.37. The summed E-state index contributed by atoms with van der Waals surface area (Å²) in [7, 11) is 0. The summed E-state index contributed by atoms with van der Waals surface area (Å²) in [6, 6.07) is 7.10. The Labute approximate surface area is 146 Å². The minimum absolute atomic E-state index is 0.00706. The predicted octanol–water partition coefficient (Wildman–Crippen LogP) is 2.17. The average molecular weight is 349 g/mol. The molecule has 1 saturated heterocycles. The van der Waals surface area contributed by atoms with Crippen LogP contribution in [0.2, 0.25) is 5.02 Å². The molecule has 1 aliphatic heterocycles. The fraction of sp³-hybridized carbons (Fsp3) is 0.412. The lowest BCUT2D eigenvalue weighted by Gasteiger charge is -2.35. The second-order valence-corrected chi connectivity index (χ2v) is 6.29. The van der Waals surface area contributed by atoms with E-state index in [0.717, 1.165) is 25.5 Å². The normalized spacial score (nSPS) is 16.8. The maximum Gasteiger partial charge on any atom is 0.263 e. The summed E-state index contributed by atoms with van der Waals surface area (Å²) in [5.74, 6) is 1.57. The van der Waals surface area contributed by atoms with Gasteiger partial charge >= 0.3 is 0 Å². The van der Waals surface area contributed by atoms with Crippen LogP contribution in [0, 0.1) is 0 Å². The Bertz CT molecular complexity index is 669. The third-order valence-electron chi connectivity index (χ3n) is 4.07. The first-order chi connectivity index (χ1) is 11.6. The van der Waals surface area contributed by atoms with Crippen molar-refractivity contribution in [1.29, 1.82) is 0 Å². The number of hydrogen-bond donors (Lipinski definition) is 1. The number of nitrogens with one attached hydrogen (secondary N) is 1. The summed E-state index contributed by atoms with van der Waals surface area (Å²) in [5, 5.41) is 0.596. The number of benzene rings is 1. The van der Waals surface area contributed by atoms with E-state index >= 15 is 0 Å². The van der Waals surface area contributed by atoms with E-state index in [-0.39, 0.29) is 5.91 Å². The predicted molar refractivity (Wildman–Crippen MR) is 92.0 cm³/mol. The van der Waals surface area contributed by atoms with Gasteiger partial charge in [-0.3, -0.25) is 9.69 Å². The molecule has 1 atom stereocenters. The molecule has 128 valence electrons. The number of piperazine rings is 1. The van der Waals surface area contributed by atoms with E-state index in [1.165, 1.54) is 0 Å². The highest BCUT2D eigenvalue weighted by atomic mass is 35.5. The van der Waals surface area contributed by atoms with Crippen LogP contribution in [0.4, 0.5) is 0 Å². The summed E-state index contributed by atoms with van der Waals surface area (Å²) in [4.78, 5) is 24.0. The number of ether oxygens (including phenoxy) is 1. The molecule has 7 heteroatoms. The molecule has 0 aliphatic carbocycles. The fourth-order valence-electron chi connectivity index (χ4n) is 2.77. The van der Waals surface area contributed by atoms with Gasteiger partial charge in [-0.25, -0.2) is 4.98 Å². The number of nitrogens with zero attached hydrogens (tertiary/aromatic N) is 3. The van der Waals surface area contributed by atoms with Crippen LogP contribution in [0.15, 0.2) is 36.7 Å². The van der Waals surface area contributed by atoms with Crippen molar-refractivity contribution in [2.45, 2.75) is 19.6 Å². The molecule has 1 unspecified atom stereocenters.